The molecule has 0 saturated heterocycles. The Balaban J connectivity index is 1.88. The van der Waals surface area contributed by atoms with Crippen LogP contribution in [0.1, 0.15) is 29.3 Å². The molecule has 0 radical (unpaired) electrons. The third-order valence-corrected chi connectivity index (χ3v) is 5.39. The molecule has 1 amide bonds. The van der Waals surface area contributed by atoms with Gasteiger partial charge in [-0.2, -0.15) is 0 Å². The summed E-state index contributed by atoms with van der Waals surface area (Å²) in [7, 11) is 3.10. The van der Waals surface area contributed by atoms with Crippen LogP contribution in [0.3, 0.4) is 0 Å². The van der Waals surface area contributed by atoms with Gasteiger partial charge in [0.25, 0.3) is 5.91 Å². The van der Waals surface area contributed by atoms with Crippen LogP contribution in [0.2, 0.25) is 0 Å². The second-order valence-corrected chi connectivity index (χ2v) is 7.51. The maximum absolute atomic E-state index is 12.8. The molecule has 1 unspecified atom stereocenters. The average molecular weight is 385 g/mol. The normalized spacial score (nSPS) is 19.1. The number of carbonyl (C=O) groups excluding carboxylic acids is 1. The number of amides is 1. The van der Waals surface area contributed by atoms with Gasteiger partial charge in [-0.1, -0.05) is 30.0 Å². The number of methoxy groups -OCH3 is 2. The smallest absolute Gasteiger partial charge is 0.255 e. The van der Waals surface area contributed by atoms with Crippen molar-refractivity contribution in [2.45, 2.75) is 18.9 Å². The molecule has 1 atom stereocenters. The van der Waals surface area contributed by atoms with Crippen molar-refractivity contribution in [2.24, 2.45) is 10.7 Å². The molecule has 0 fully saturated rings. The van der Waals surface area contributed by atoms with E-state index >= 15 is 0 Å². The first kappa shape index (κ1) is 19.1. The molecule has 0 saturated carbocycles. The second-order valence-electron chi connectivity index (χ2n) is 6.40. The van der Waals surface area contributed by atoms with Crippen molar-refractivity contribution in [3.63, 3.8) is 0 Å². The molecule has 142 valence electrons. The topological polar surface area (TPSA) is 85.9 Å². The molecule has 1 heterocycles. The first-order valence-corrected chi connectivity index (χ1v) is 9.56. The number of aliphatic imine (C=N–C) groups is 1. The summed E-state index contributed by atoms with van der Waals surface area (Å²) in [4.78, 5) is 17.4. The molecule has 0 spiro atoms. The molecule has 27 heavy (non-hydrogen) atoms. The molecule has 3 rings (SSSR count). The van der Waals surface area contributed by atoms with Gasteiger partial charge in [-0.15, -0.1) is 0 Å². The summed E-state index contributed by atoms with van der Waals surface area (Å²) in [5, 5.41) is 3.48. The molecule has 6 nitrogen and oxygen atoms in total. The lowest BCUT2D eigenvalue weighted by Crippen LogP contribution is -2.29. The van der Waals surface area contributed by atoms with E-state index in [1.807, 2.05) is 25.1 Å². The van der Waals surface area contributed by atoms with Gasteiger partial charge in [0.2, 0.25) is 0 Å². The Kier molecular flexibility index (Phi) is 5.60. The van der Waals surface area contributed by atoms with Crippen LogP contribution in [0.5, 0.6) is 11.5 Å². The zero-order valence-electron chi connectivity index (χ0n) is 15.6. The summed E-state index contributed by atoms with van der Waals surface area (Å²) in [6.45, 7) is 2.04. The molecule has 2 aromatic rings. The van der Waals surface area contributed by atoms with E-state index in [4.69, 9.17) is 15.2 Å². The van der Waals surface area contributed by atoms with Crippen LogP contribution in [0, 0.1) is 0 Å². The van der Waals surface area contributed by atoms with Crippen molar-refractivity contribution in [1.82, 2.24) is 0 Å². The number of para-hydroxylation sites is 1. The fraction of sp³-hybridized carbons (Fsp3) is 0.300. The third kappa shape index (κ3) is 4.03. The van der Waals surface area contributed by atoms with E-state index in [-0.39, 0.29) is 5.91 Å². The van der Waals surface area contributed by atoms with Gasteiger partial charge in [0, 0.05) is 11.3 Å². The molecule has 3 N–H and O–H groups in total. The van der Waals surface area contributed by atoms with Crippen molar-refractivity contribution in [2.75, 3.05) is 25.3 Å². The van der Waals surface area contributed by atoms with E-state index in [9.17, 15) is 4.79 Å². The highest BCUT2D eigenvalue weighted by Crippen LogP contribution is 2.36. The predicted octanol–water partition coefficient (Wildman–Crippen LogP) is 3.62. The van der Waals surface area contributed by atoms with Gasteiger partial charge in [-0.25, -0.2) is 0 Å². The van der Waals surface area contributed by atoms with Crippen molar-refractivity contribution in [3.05, 3.63) is 53.6 Å². The van der Waals surface area contributed by atoms with E-state index in [2.05, 4.69) is 10.3 Å². The molecule has 7 heteroatoms. The van der Waals surface area contributed by atoms with Gasteiger partial charge < -0.3 is 20.5 Å². The number of rotatable bonds is 5. The highest BCUT2D eigenvalue weighted by molar-refractivity contribution is 8.13. The molecule has 0 bridgehead atoms. The van der Waals surface area contributed by atoms with Crippen molar-refractivity contribution < 1.29 is 14.3 Å². The molecule has 0 aliphatic carbocycles. The van der Waals surface area contributed by atoms with Gasteiger partial charge in [0.1, 0.15) is 0 Å². The number of anilines is 1. The van der Waals surface area contributed by atoms with Crippen LogP contribution in [0.25, 0.3) is 0 Å². The van der Waals surface area contributed by atoms with Crippen molar-refractivity contribution in [3.8, 4) is 11.5 Å². The number of nitrogens with zero attached hydrogens (tertiary/aromatic N) is 1. The number of benzene rings is 2. The van der Waals surface area contributed by atoms with E-state index in [1.165, 1.54) is 0 Å². The quantitative estimate of drug-likeness (QED) is 0.821. The predicted molar refractivity (Wildman–Crippen MR) is 110 cm³/mol. The van der Waals surface area contributed by atoms with Gasteiger partial charge >= 0.3 is 0 Å². The number of carbonyl (C=O) groups is 1. The molecule has 1 aliphatic rings. The number of hydrogen-bond donors (Lipinski definition) is 2. The average Bonchev–Trinajstić information content (AvgIpc) is 2.67. The van der Waals surface area contributed by atoms with Crippen molar-refractivity contribution >= 4 is 28.5 Å². The fourth-order valence-corrected chi connectivity index (χ4v) is 4.04. The zero-order chi connectivity index (χ0) is 19.4. The Morgan fingerprint density at radius 1 is 1.22 bits per heavy atom. The number of thioether (sulfide) groups is 1. The van der Waals surface area contributed by atoms with Gasteiger partial charge in [-0.05, 0) is 43.2 Å². The standard InChI is InChI=1S/C20H23N3O3S/c1-20(10-11-27-19(21)23-20)14-7-4-6-13(12-14)18(24)22-15-8-5-9-16(25-2)17(15)26-3/h4-9,12H,10-11H2,1-3H3,(H2,21,23)(H,22,24). The lowest BCUT2D eigenvalue weighted by atomic mass is 9.88. The summed E-state index contributed by atoms with van der Waals surface area (Å²) in [5.41, 5.74) is 7.56. The maximum Gasteiger partial charge on any atom is 0.255 e. The lowest BCUT2D eigenvalue weighted by molar-refractivity contribution is 0.102. The van der Waals surface area contributed by atoms with Gasteiger partial charge in [0.15, 0.2) is 16.7 Å². The van der Waals surface area contributed by atoms with Crippen LogP contribution >= 0.6 is 11.8 Å². The summed E-state index contributed by atoms with van der Waals surface area (Å²) in [5.74, 6) is 1.72. The summed E-state index contributed by atoms with van der Waals surface area (Å²) in [6.07, 6.45) is 0.868. The minimum absolute atomic E-state index is 0.228. The van der Waals surface area contributed by atoms with E-state index in [0.29, 0.717) is 27.9 Å². The SMILES string of the molecule is COc1cccc(NC(=O)c2cccc(C3(C)CCSC(N)=N3)c2)c1OC. The number of nitrogens with one attached hydrogen (secondary N) is 1. The Morgan fingerprint density at radius 3 is 2.70 bits per heavy atom. The minimum Gasteiger partial charge on any atom is -0.493 e. The van der Waals surface area contributed by atoms with Crippen LogP contribution in [0.15, 0.2) is 47.5 Å². The Hall–Kier alpha value is -2.67. The van der Waals surface area contributed by atoms with Crippen molar-refractivity contribution in [1.29, 1.82) is 0 Å². The second kappa shape index (κ2) is 7.92. The van der Waals surface area contributed by atoms with Crippen LogP contribution in [0.4, 0.5) is 5.69 Å². The molecule has 2 aromatic carbocycles. The molecule has 0 aromatic heterocycles. The fourth-order valence-electron chi connectivity index (χ4n) is 3.07. The monoisotopic (exact) mass is 385 g/mol. The van der Waals surface area contributed by atoms with E-state index in [0.717, 1.165) is 17.7 Å². The van der Waals surface area contributed by atoms with Gasteiger partial charge in [-0.3, -0.25) is 9.79 Å². The van der Waals surface area contributed by atoms with E-state index in [1.54, 1.807) is 50.2 Å². The Bertz CT molecular complexity index is 885. The van der Waals surface area contributed by atoms with Gasteiger partial charge in [0.05, 0.1) is 25.4 Å². The maximum atomic E-state index is 12.8. The minimum atomic E-state index is -0.417. The largest absolute Gasteiger partial charge is 0.493 e. The number of amidine groups is 1. The van der Waals surface area contributed by atoms with Crippen LogP contribution in [-0.2, 0) is 5.54 Å². The first-order valence-electron chi connectivity index (χ1n) is 8.58. The highest BCUT2D eigenvalue weighted by Gasteiger charge is 2.30. The first-order chi connectivity index (χ1) is 13.0. The highest BCUT2D eigenvalue weighted by atomic mass is 32.2. The third-order valence-electron chi connectivity index (χ3n) is 4.59. The van der Waals surface area contributed by atoms with E-state index < -0.39 is 5.54 Å². The summed E-state index contributed by atoms with van der Waals surface area (Å²) >= 11 is 1.56. The Morgan fingerprint density at radius 2 is 2.00 bits per heavy atom. The molecular weight excluding hydrogens is 362 g/mol. The summed E-state index contributed by atoms with van der Waals surface area (Å²) in [6, 6.07) is 12.8. The van der Waals surface area contributed by atoms with Crippen LogP contribution in [-0.4, -0.2) is 31.0 Å². The zero-order valence-corrected chi connectivity index (χ0v) is 16.4. The lowest BCUT2D eigenvalue weighted by Gasteiger charge is -2.30. The number of ether oxygens (including phenoxy) is 2. The Labute approximate surface area is 163 Å². The van der Waals surface area contributed by atoms with Crippen LogP contribution < -0.4 is 20.5 Å². The molecule has 1 aliphatic heterocycles. The number of hydrogen-bond acceptors (Lipinski definition) is 6. The summed E-state index contributed by atoms with van der Waals surface area (Å²) < 4.78 is 10.7. The number of nitrogens with two attached hydrogens (primary N) is 1. The molecular formula is C20H23N3O3S.